The van der Waals surface area contributed by atoms with Gasteiger partial charge in [0.2, 0.25) is 0 Å². The summed E-state index contributed by atoms with van der Waals surface area (Å²) in [4.78, 5) is 39.3. The van der Waals surface area contributed by atoms with Crippen molar-refractivity contribution in [3.05, 3.63) is 36.3 Å². The zero-order valence-electron chi connectivity index (χ0n) is 25.2. The Kier molecular flexibility index (Phi) is 7.25. The number of carbonyl (C=O) groups excluding carboxylic acids is 3. The zero-order valence-corrected chi connectivity index (χ0v) is 25.2. The minimum Gasteiger partial charge on any atom is -0.472 e. The Labute approximate surface area is 241 Å². The molecule has 10 unspecified atom stereocenters. The van der Waals surface area contributed by atoms with Gasteiger partial charge in [-0.15, -0.1) is 0 Å². The fourth-order valence-corrected chi connectivity index (χ4v) is 8.71. The van der Waals surface area contributed by atoms with E-state index in [0.717, 1.165) is 11.1 Å². The van der Waals surface area contributed by atoms with E-state index in [1.807, 2.05) is 20.8 Å². The van der Waals surface area contributed by atoms with Gasteiger partial charge in [0, 0.05) is 22.8 Å². The van der Waals surface area contributed by atoms with Crippen LogP contribution in [0.2, 0.25) is 0 Å². The molecule has 1 spiro atoms. The number of aliphatic hydroxyl groups excluding tert-OH is 1. The lowest BCUT2D eigenvalue weighted by Gasteiger charge is -2.71. The fourth-order valence-electron chi connectivity index (χ4n) is 8.71. The van der Waals surface area contributed by atoms with E-state index in [1.54, 1.807) is 25.5 Å². The van der Waals surface area contributed by atoms with Crippen LogP contribution in [-0.4, -0.2) is 54.0 Å². The Balaban J connectivity index is 1.68. The third-order valence-electron chi connectivity index (χ3n) is 11.5. The zero-order chi connectivity index (χ0) is 30.1. The van der Waals surface area contributed by atoms with E-state index in [-0.39, 0.29) is 24.7 Å². The summed E-state index contributed by atoms with van der Waals surface area (Å²) in [6, 6.07) is 1.79. The fraction of sp³-hybridized carbons (Fsp3) is 0.719. The Morgan fingerprint density at radius 3 is 2.56 bits per heavy atom. The van der Waals surface area contributed by atoms with E-state index >= 15 is 0 Å². The van der Waals surface area contributed by atoms with Crippen molar-refractivity contribution in [1.29, 1.82) is 0 Å². The molecule has 9 heteroatoms. The van der Waals surface area contributed by atoms with Crippen LogP contribution in [0.5, 0.6) is 0 Å². The van der Waals surface area contributed by atoms with Crippen molar-refractivity contribution in [1.82, 2.24) is 0 Å². The molecule has 226 valence electrons. The van der Waals surface area contributed by atoms with Crippen LogP contribution in [0.4, 0.5) is 0 Å². The summed E-state index contributed by atoms with van der Waals surface area (Å²) in [5, 5.41) is 11.9. The Morgan fingerprint density at radius 2 is 1.95 bits per heavy atom. The number of methoxy groups -OCH3 is 1. The predicted octanol–water partition coefficient (Wildman–Crippen LogP) is 4.92. The van der Waals surface area contributed by atoms with E-state index in [0.29, 0.717) is 19.3 Å². The number of furan rings is 1. The van der Waals surface area contributed by atoms with Gasteiger partial charge in [-0.2, -0.15) is 0 Å². The molecule has 0 aromatic carbocycles. The van der Waals surface area contributed by atoms with Gasteiger partial charge in [-0.05, 0) is 48.2 Å². The number of hydrogen-bond donors (Lipinski definition) is 1. The maximum atomic E-state index is 13.3. The van der Waals surface area contributed by atoms with E-state index in [2.05, 4.69) is 20.4 Å². The van der Waals surface area contributed by atoms with Crippen LogP contribution in [0.1, 0.15) is 85.3 Å². The van der Waals surface area contributed by atoms with Gasteiger partial charge in [0.15, 0.2) is 6.10 Å². The van der Waals surface area contributed by atoms with Gasteiger partial charge in [0.1, 0.15) is 17.8 Å². The molecular formula is C32H44O9. The van der Waals surface area contributed by atoms with E-state index in [1.165, 1.54) is 7.11 Å². The molecular weight excluding hydrogens is 528 g/mol. The number of cyclic esters (lactones) is 1. The van der Waals surface area contributed by atoms with E-state index in [9.17, 15) is 19.5 Å². The lowest BCUT2D eigenvalue weighted by Crippen LogP contribution is -2.76. The number of ether oxygens (including phenoxy) is 4. The molecule has 2 aliphatic carbocycles. The molecule has 1 aromatic rings. The molecule has 0 radical (unpaired) electrons. The number of carbonyl (C=O) groups is 3. The van der Waals surface area contributed by atoms with Crippen LogP contribution in [0.3, 0.4) is 0 Å². The minimum absolute atomic E-state index is 0.0487. The van der Waals surface area contributed by atoms with Gasteiger partial charge < -0.3 is 28.5 Å². The standard InChI is InChI=1S/C32H44O9/c1-9-17(2)28(36)40-24-25(35)29(4,5)21(14-22(33)37-8)31(7)20-10-12-30(6)26(19-11-13-38-16-19)39-23(34)15-32(30,18(20)3)41-27(24)31/h11,13,16-17,20-21,24-27,35H,3,9-10,12,14-15H2,1-2,4-8H3. The molecule has 1 aromatic heterocycles. The van der Waals surface area contributed by atoms with Crippen molar-refractivity contribution in [2.75, 3.05) is 7.11 Å². The summed E-state index contributed by atoms with van der Waals surface area (Å²) in [6.07, 6.45) is 1.45. The summed E-state index contributed by atoms with van der Waals surface area (Å²) in [7, 11) is 1.35. The monoisotopic (exact) mass is 572 g/mol. The highest BCUT2D eigenvalue weighted by Gasteiger charge is 2.75. The number of aliphatic hydroxyl groups is 1. The Morgan fingerprint density at radius 1 is 1.24 bits per heavy atom. The van der Waals surface area contributed by atoms with Crippen LogP contribution >= 0.6 is 0 Å². The molecule has 2 saturated carbocycles. The largest absolute Gasteiger partial charge is 0.472 e. The van der Waals surface area contributed by atoms with Crippen LogP contribution in [0.15, 0.2) is 35.2 Å². The van der Waals surface area contributed by atoms with Crippen molar-refractivity contribution < 1.29 is 42.9 Å². The van der Waals surface area contributed by atoms with Gasteiger partial charge in [-0.1, -0.05) is 48.1 Å². The molecule has 0 amide bonds. The third-order valence-corrected chi connectivity index (χ3v) is 11.5. The maximum Gasteiger partial charge on any atom is 0.309 e. The van der Waals surface area contributed by atoms with E-state index < -0.39 is 70.1 Å². The molecule has 2 bridgehead atoms. The first-order valence-electron chi connectivity index (χ1n) is 14.7. The van der Waals surface area contributed by atoms with Crippen LogP contribution in [0.25, 0.3) is 0 Å². The SMILES string of the molecule is C=C1C2CCC3(C)C(c4ccoc4)OC(=O)CC13OC1C(OC(=O)C(C)CC)C(O)C(C)(C)C(CC(=O)OC)C21C. The second kappa shape index (κ2) is 9.97. The number of fused-ring (bicyclic) bond motifs is 3. The number of esters is 3. The first-order chi connectivity index (χ1) is 19.2. The number of rotatable bonds is 6. The summed E-state index contributed by atoms with van der Waals surface area (Å²) < 4.78 is 29.8. The molecule has 41 heavy (non-hydrogen) atoms. The molecule has 2 aliphatic heterocycles. The lowest BCUT2D eigenvalue weighted by atomic mass is 9.41. The predicted molar refractivity (Wildman–Crippen MR) is 147 cm³/mol. The van der Waals surface area contributed by atoms with Crippen molar-refractivity contribution in [3.8, 4) is 0 Å². The second-order valence-electron chi connectivity index (χ2n) is 13.7. The Hall–Kier alpha value is -2.65. The van der Waals surface area contributed by atoms with Gasteiger partial charge >= 0.3 is 17.9 Å². The molecule has 1 N–H and O–H groups in total. The first-order valence-corrected chi connectivity index (χ1v) is 14.7. The topological polar surface area (TPSA) is 122 Å². The molecule has 4 fully saturated rings. The van der Waals surface area contributed by atoms with Crippen molar-refractivity contribution in [2.24, 2.45) is 34.0 Å². The normalized spacial score (nSPS) is 41.9. The quantitative estimate of drug-likeness (QED) is 0.287. The van der Waals surface area contributed by atoms with Crippen LogP contribution < -0.4 is 0 Å². The average molecular weight is 573 g/mol. The second-order valence-corrected chi connectivity index (χ2v) is 13.7. The van der Waals surface area contributed by atoms with Gasteiger partial charge in [-0.25, -0.2) is 0 Å². The number of hydrogen-bond acceptors (Lipinski definition) is 9. The summed E-state index contributed by atoms with van der Waals surface area (Å²) >= 11 is 0. The highest BCUT2D eigenvalue weighted by molar-refractivity contribution is 5.75. The van der Waals surface area contributed by atoms with Crippen molar-refractivity contribution >= 4 is 17.9 Å². The third kappa shape index (κ3) is 4.05. The van der Waals surface area contributed by atoms with Gasteiger partial charge in [0.25, 0.3) is 0 Å². The van der Waals surface area contributed by atoms with Crippen LogP contribution in [0, 0.1) is 34.0 Å². The molecule has 4 aliphatic rings. The summed E-state index contributed by atoms with van der Waals surface area (Å²) in [6.45, 7) is 16.2. The average Bonchev–Trinajstić information content (AvgIpc) is 3.46. The van der Waals surface area contributed by atoms with Gasteiger partial charge in [-0.3, -0.25) is 14.4 Å². The summed E-state index contributed by atoms with van der Waals surface area (Å²) in [5.41, 5.74) is -1.95. The van der Waals surface area contributed by atoms with Crippen LogP contribution in [-0.2, 0) is 33.3 Å². The van der Waals surface area contributed by atoms with Crippen molar-refractivity contribution in [2.45, 2.75) is 104 Å². The minimum atomic E-state index is -1.14. The molecule has 9 nitrogen and oxygen atoms in total. The molecule has 3 heterocycles. The maximum absolute atomic E-state index is 13.3. The smallest absolute Gasteiger partial charge is 0.309 e. The molecule has 10 atom stereocenters. The Bertz CT molecular complexity index is 1220. The highest BCUT2D eigenvalue weighted by Crippen LogP contribution is 2.72. The highest BCUT2D eigenvalue weighted by atomic mass is 16.6. The van der Waals surface area contributed by atoms with E-state index in [4.69, 9.17) is 23.4 Å². The first kappa shape index (κ1) is 29.8. The summed E-state index contributed by atoms with van der Waals surface area (Å²) in [5.74, 6) is -2.19. The molecule has 5 rings (SSSR count). The molecule has 2 saturated heterocycles. The van der Waals surface area contributed by atoms with Gasteiger partial charge in [0.05, 0.1) is 38.1 Å². The van der Waals surface area contributed by atoms with Crippen molar-refractivity contribution in [3.63, 3.8) is 0 Å². The lowest BCUT2D eigenvalue weighted by molar-refractivity contribution is -0.339.